The van der Waals surface area contributed by atoms with Gasteiger partial charge in [-0.05, 0) is 48.6 Å². The van der Waals surface area contributed by atoms with Crippen LogP contribution in [0.15, 0.2) is 12.5 Å². The molecule has 132 valence electrons. The van der Waals surface area contributed by atoms with Crippen LogP contribution in [0.2, 0.25) is 0 Å². The lowest BCUT2D eigenvalue weighted by molar-refractivity contribution is -0.134. The molecule has 2 aliphatic rings. The Bertz CT molecular complexity index is 751. The summed E-state index contributed by atoms with van der Waals surface area (Å²) >= 11 is 0. The van der Waals surface area contributed by atoms with Crippen LogP contribution in [-0.4, -0.2) is 54.1 Å². The Balaban J connectivity index is 1.44. The second-order valence-electron chi connectivity index (χ2n) is 7.00. The number of aryl methyl sites for hydroxylation is 2. The first-order chi connectivity index (χ1) is 12.2. The predicted octanol–water partition coefficient (Wildman–Crippen LogP) is 1.45. The van der Waals surface area contributed by atoms with Crippen molar-refractivity contribution in [2.24, 2.45) is 0 Å². The highest BCUT2D eigenvalue weighted by Crippen LogP contribution is 2.31. The van der Waals surface area contributed by atoms with Crippen molar-refractivity contribution in [2.45, 2.75) is 57.4 Å². The van der Waals surface area contributed by atoms with Gasteiger partial charge in [-0.1, -0.05) is 6.42 Å². The van der Waals surface area contributed by atoms with E-state index < -0.39 is 0 Å². The molecule has 1 amide bonds. The zero-order valence-electron chi connectivity index (χ0n) is 14.5. The van der Waals surface area contributed by atoms with E-state index in [0.29, 0.717) is 5.92 Å². The van der Waals surface area contributed by atoms with Gasteiger partial charge in [0.15, 0.2) is 5.82 Å². The van der Waals surface area contributed by atoms with Crippen LogP contribution in [0.4, 0.5) is 0 Å². The van der Waals surface area contributed by atoms with Crippen molar-refractivity contribution in [3.05, 3.63) is 29.6 Å². The maximum atomic E-state index is 13.1. The van der Waals surface area contributed by atoms with E-state index in [1.807, 2.05) is 11.1 Å². The van der Waals surface area contributed by atoms with Crippen molar-refractivity contribution in [3.8, 4) is 0 Å². The van der Waals surface area contributed by atoms with Gasteiger partial charge in [0.05, 0.1) is 5.92 Å². The molecule has 2 aromatic heterocycles. The molecule has 0 N–H and O–H groups in total. The Morgan fingerprint density at radius 3 is 2.80 bits per heavy atom. The molecule has 0 bridgehead atoms. The maximum Gasteiger partial charge on any atom is 0.233 e. The third-order valence-electron chi connectivity index (χ3n) is 5.41. The van der Waals surface area contributed by atoms with Crippen LogP contribution in [0.5, 0.6) is 0 Å². The zero-order valence-corrected chi connectivity index (χ0v) is 14.5. The van der Waals surface area contributed by atoms with Gasteiger partial charge in [0.2, 0.25) is 5.91 Å². The SMILES string of the molecule is Cc1cncnc1C1CCN(C(=O)[C@H]2CCCCn3nnnc32)CC1. The molecule has 25 heavy (non-hydrogen) atoms. The van der Waals surface area contributed by atoms with Gasteiger partial charge >= 0.3 is 0 Å². The molecule has 1 fully saturated rings. The van der Waals surface area contributed by atoms with Crippen LogP contribution >= 0.6 is 0 Å². The largest absolute Gasteiger partial charge is 0.342 e. The summed E-state index contributed by atoms with van der Waals surface area (Å²) in [6.07, 6.45) is 8.26. The standard InChI is InChI=1S/C17H23N7O/c1-12-10-18-11-19-15(12)13-5-8-23(9-6-13)17(25)14-4-2-3-7-24-16(14)20-21-22-24/h10-11,13-14H,2-9H2,1H3/t14-/m0/s1. The van der Waals surface area contributed by atoms with Crippen LogP contribution in [0, 0.1) is 6.92 Å². The fourth-order valence-electron chi connectivity index (χ4n) is 4.02. The summed E-state index contributed by atoms with van der Waals surface area (Å²) in [5, 5.41) is 11.9. The Morgan fingerprint density at radius 2 is 2.00 bits per heavy atom. The summed E-state index contributed by atoms with van der Waals surface area (Å²) in [6, 6.07) is 0. The first-order valence-electron chi connectivity index (χ1n) is 9.05. The molecule has 0 aromatic carbocycles. The lowest BCUT2D eigenvalue weighted by Crippen LogP contribution is -2.41. The van der Waals surface area contributed by atoms with Crippen LogP contribution in [0.1, 0.15) is 61.0 Å². The summed E-state index contributed by atoms with van der Waals surface area (Å²) in [4.78, 5) is 23.6. The smallest absolute Gasteiger partial charge is 0.233 e. The van der Waals surface area contributed by atoms with Gasteiger partial charge in [0.25, 0.3) is 0 Å². The van der Waals surface area contributed by atoms with E-state index in [4.69, 9.17) is 0 Å². The fourth-order valence-corrected chi connectivity index (χ4v) is 4.02. The van der Waals surface area contributed by atoms with Gasteiger partial charge < -0.3 is 4.90 Å². The first kappa shape index (κ1) is 16.1. The minimum Gasteiger partial charge on any atom is -0.342 e. The number of nitrogens with zero attached hydrogens (tertiary/aromatic N) is 7. The molecule has 1 atom stereocenters. The number of hydrogen-bond acceptors (Lipinski definition) is 6. The molecule has 2 aromatic rings. The number of carbonyl (C=O) groups excluding carboxylic acids is 1. The monoisotopic (exact) mass is 341 g/mol. The van der Waals surface area contributed by atoms with E-state index in [-0.39, 0.29) is 11.8 Å². The number of amides is 1. The highest BCUT2D eigenvalue weighted by Gasteiger charge is 2.34. The van der Waals surface area contributed by atoms with Crippen molar-refractivity contribution in [1.82, 2.24) is 35.1 Å². The number of aromatic nitrogens is 6. The molecule has 8 heteroatoms. The molecule has 0 aliphatic carbocycles. The van der Waals surface area contributed by atoms with Crippen molar-refractivity contribution in [3.63, 3.8) is 0 Å². The van der Waals surface area contributed by atoms with Gasteiger partial charge in [-0.2, -0.15) is 0 Å². The lowest BCUT2D eigenvalue weighted by Gasteiger charge is -2.34. The highest BCUT2D eigenvalue weighted by atomic mass is 16.2. The van der Waals surface area contributed by atoms with E-state index in [9.17, 15) is 4.79 Å². The normalized spacial score (nSPS) is 21.6. The molecule has 0 radical (unpaired) electrons. The van der Waals surface area contributed by atoms with Crippen LogP contribution in [0.25, 0.3) is 0 Å². The summed E-state index contributed by atoms with van der Waals surface area (Å²) in [6.45, 7) is 4.40. The second kappa shape index (κ2) is 6.85. The van der Waals surface area contributed by atoms with Crippen LogP contribution < -0.4 is 0 Å². The van der Waals surface area contributed by atoms with E-state index >= 15 is 0 Å². The first-order valence-corrected chi connectivity index (χ1v) is 9.05. The number of likely N-dealkylation sites (tertiary alicyclic amines) is 1. The van der Waals surface area contributed by atoms with Crippen molar-refractivity contribution < 1.29 is 4.79 Å². The number of hydrogen-bond donors (Lipinski definition) is 0. The highest BCUT2D eigenvalue weighted by molar-refractivity contribution is 5.83. The molecule has 4 rings (SSSR count). The van der Waals surface area contributed by atoms with E-state index in [0.717, 1.165) is 68.8 Å². The molecule has 4 heterocycles. The Labute approximate surface area is 146 Å². The van der Waals surface area contributed by atoms with Gasteiger partial charge in [-0.3, -0.25) is 4.79 Å². The number of carbonyl (C=O) groups is 1. The molecule has 0 saturated carbocycles. The Morgan fingerprint density at radius 1 is 1.16 bits per heavy atom. The van der Waals surface area contributed by atoms with E-state index in [1.54, 1.807) is 11.0 Å². The number of piperidine rings is 1. The maximum absolute atomic E-state index is 13.1. The zero-order chi connectivity index (χ0) is 17.2. The van der Waals surface area contributed by atoms with E-state index in [1.165, 1.54) is 0 Å². The molecule has 2 aliphatic heterocycles. The van der Waals surface area contributed by atoms with Crippen molar-refractivity contribution in [1.29, 1.82) is 0 Å². The molecule has 0 spiro atoms. The third-order valence-corrected chi connectivity index (χ3v) is 5.41. The average Bonchev–Trinajstić information content (AvgIpc) is 3.01. The average molecular weight is 341 g/mol. The predicted molar refractivity (Wildman–Crippen MR) is 89.7 cm³/mol. The third kappa shape index (κ3) is 3.12. The van der Waals surface area contributed by atoms with Gasteiger partial charge in [-0.25, -0.2) is 14.6 Å². The minimum atomic E-state index is -0.199. The molecular formula is C17H23N7O. The minimum absolute atomic E-state index is 0.177. The molecule has 8 nitrogen and oxygen atoms in total. The van der Waals surface area contributed by atoms with Crippen molar-refractivity contribution in [2.75, 3.05) is 13.1 Å². The number of fused-ring (bicyclic) bond motifs is 1. The molecular weight excluding hydrogens is 318 g/mol. The molecule has 0 unspecified atom stereocenters. The van der Waals surface area contributed by atoms with Crippen LogP contribution in [0.3, 0.4) is 0 Å². The topological polar surface area (TPSA) is 89.7 Å². The van der Waals surface area contributed by atoms with Gasteiger partial charge in [0, 0.05) is 37.4 Å². The molecule has 1 saturated heterocycles. The lowest BCUT2D eigenvalue weighted by atomic mass is 9.90. The Hall–Kier alpha value is -2.38. The number of rotatable bonds is 2. The summed E-state index contributed by atoms with van der Waals surface area (Å²) in [7, 11) is 0. The summed E-state index contributed by atoms with van der Waals surface area (Å²) in [5.74, 6) is 1.12. The van der Waals surface area contributed by atoms with Crippen molar-refractivity contribution >= 4 is 5.91 Å². The van der Waals surface area contributed by atoms with Gasteiger partial charge in [-0.15, -0.1) is 5.10 Å². The summed E-state index contributed by atoms with van der Waals surface area (Å²) in [5.41, 5.74) is 2.26. The Kier molecular flexibility index (Phi) is 4.42. The second-order valence-corrected chi connectivity index (χ2v) is 7.00. The summed E-state index contributed by atoms with van der Waals surface area (Å²) < 4.78 is 1.80. The van der Waals surface area contributed by atoms with Crippen LogP contribution in [-0.2, 0) is 11.3 Å². The van der Waals surface area contributed by atoms with Gasteiger partial charge in [0.1, 0.15) is 6.33 Å². The fraction of sp³-hybridized carbons (Fsp3) is 0.647. The number of tetrazole rings is 1. The van der Waals surface area contributed by atoms with E-state index in [2.05, 4.69) is 32.4 Å². The quantitative estimate of drug-likeness (QED) is 0.821.